The molecule has 0 saturated carbocycles. The van der Waals surface area contributed by atoms with Gasteiger partial charge >= 0.3 is 18.5 Å². The van der Waals surface area contributed by atoms with Crippen LogP contribution < -0.4 is 0 Å². The summed E-state index contributed by atoms with van der Waals surface area (Å²) in [5.74, 6) is -4.21. The van der Waals surface area contributed by atoms with E-state index in [1.54, 1.807) is 0 Å². The average Bonchev–Trinajstić information content (AvgIpc) is 1.76. The highest BCUT2D eigenvalue weighted by Gasteiger charge is 2.58. The first-order valence-electron chi connectivity index (χ1n) is 2.89. The van der Waals surface area contributed by atoms with Crippen molar-refractivity contribution in [1.82, 2.24) is 0 Å². The minimum atomic E-state index is -6.46. The first-order valence-corrected chi connectivity index (χ1v) is 2.89. The normalized spacial score (nSPS) is 14.0. The predicted octanol–water partition coefficient (Wildman–Crippen LogP) is 3.90. The van der Waals surface area contributed by atoms with E-state index in [2.05, 4.69) is 0 Å². The van der Waals surface area contributed by atoms with Gasteiger partial charge in [-0.05, 0) is 0 Å². The third kappa shape index (κ3) is 3.59. The fourth-order valence-corrected chi connectivity index (χ4v) is 0.551. The van der Waals surface area contributed by atoms with Crippen molar-refractivity contribution in [2.45, 2.75) is 18.5 Å². The number of alkyl halides is 9. The van der Waals surface area contributed by atoms with Crippen LogP contribution in [0.1, 0.15) is 0 Å². The number of rotatable bonds is 0. The van der Waals surface area contributed by atoms with E-state index < -0.39 is 29.9 Å². The Labute approximate surface area is 75.2 Å². The molecule has 0 rings (SSSR count). The van der Waals surface area contributed by atoms with Crippen LogP contribution in [-0.4, -0.2) is 18.5 Å². The summed E-state index contributed by atoms with van der Waals surface area (Å²) in [6, 6.07) is 0. The van der Waals surface area contributed by atoms with Gasteiger partial charge in [0, 0.05) is 0 Å². The monoisotopic (exact) mass is 250 g/mol. The molecule has 0 atom stereocenters. The summed E-state index contributed by atoms with van der Waals surface area (Å²) in [5.41, 5.74) is -4.19. The molecule has 0 saturated heterocycles. The van der Waals surface area contributed by atoms with E-state index in [1.165, 1.54) is 0 Å². The lowest BCUT2D eigenvalue weighted by atomic mass is 10.2. The number of allylic oxidation sites excluding steroid dienone is 2. The fourth-order valence-electron chi connectivity index (χ4n) is 0.551. The first-order chi connectivity index (χ1) is 6.28. The van der Waals surface area contributed by atoms with Crippen molar-refractivity contribution >= 4 is 0 Å². The molecular formula is C5F10. The Morgan fingerprint density at radius 1 is 0.533 bits per heavy atom. The molecule has 0 nitrogen and oxygen atoms in total. The number of hydrogen-bond acceptors (Lipinski definition) is 0. The predicted molar refractivity (Wildman–Crippen MR) is 26.3 cm³/mol. The molecule has 0 N–H and O–H groups in total. The largest absolute Gasteiger partial charge is 0.443 e. The van der Waals surface area contributed by atoms with E-state index >= 15 is 0 Å². The Balaban J connectivity index is 5.71. The van der Waals surface area contributed by atoms with Gasteiger partial charge in [0.2, 0.25) is 5.83 Å². The Morgan fingerprint density at radius 2 is 0.800 bits per heavy atom. The summed E-state index contributed by atoms with van der Waals surface area (Å²) < 4.78 is 115. The topological polar surface area (TPSA) is 0 Å². The molecule has 90 valence electrons. The minimum Gasteiger partial charge on any atom is -0.201 e. The van der Waals surface area contributed by atoms with E-state index in [-0.39, 0.29) is 0 Å². The van der Waals surface area contributed by atoms with Crippen molar-refractivity contribution in [3.63, 3.8) is 0 Å². The molecule has 0 aromatic rings. The third-order valence-corrected chi connectivity index (χ3v) is 1.04. The molecule has 0 fully saturated rings. The molecule has 15 heavy (non-hydrogen) atoms. The van der Waals surface area contributed by atoms with Crippen molar-refractivity contribution < 1.29 is 43.9 Å². The van der Waals surface area contributed by atoms with Crippen LogP contribution in [0.4, 0.5) is 43.9 Å². The lowest BCUT2D eigenvalue weighted by molar-refractivity contribution is -0.186. The molecular weight excluding hydrogens is 250 g/mol. The van der Waals surface area contributed by atoms with Crippen LogP contribution in [0, 0.1) is 0 Å². The van der Waals surface area contributed by atoms with Crippen LogP contribution in [-0.2, 0) is 0 Å². The standard InChI is InChI=1S/C5F10/c6-2(5(13,14)15)1(3(7,8)9)4(10,11)12. The van der Waals surface area contributed by atoms with Crippen LogP contribution in [0.5, 0.6) is 0 Å². The van der Waals surface area contributed by atoms with Crippen molar-refractivity contribution in [1.29, 1.82) is 0 Å². The summed E-state index contributed by atoms with van der Waals surface area (Å²) >= 11 is 0. The van der Waals surface area contributed by atoms with Gasteiger partial charge in [0.1, 0.15) is 0 Å². The molecule has 0 aromatic heterocycles. The van der Waals surface area contributed by atoms with Crippen molar-refractivity contribution in [3.8, 4) is 0 Å². The molecule has 0 spiro atoms. The van der Waals surface area contributed by atoms with Crippen molar-refractivity contribution in [3.05, 3.63) is 11.4 Å². The van der Waals surface area contributed by atoms with Gasteiger partial charge < -0.3 is 0 Å². The van der Waals surface area contributed by atoms with Gasteiger partial charge in [-0.1, -0.05) is 0 Å². The molecule has 0 aromatic carbocycles. The van der Waals surface area contributed by atoms with E-state index in [0.29, 0.717) is 0 Å². The zero-order valence-corrected chi connectivity index (χ0v) is 6.28. The maximum Gasteiger partial charge on any atom is 0.443 e. The molecule has 0 radical (unpaired) electrons. The highest BCUT2D eigenvalue weighted by Crippen LogP contribution is 2.45. The molecule has 0 aliphatic heterocycles. The Morgan fingerprint density at radius 3 is 0.867 bits per heavy atom. The van der Waals surface area contributed by atoms with Gasteiger partial charge in [-0.25, -0.2) is 4.39 Å². The smallest absolute Gasteiger partial charge is 0.201 e. The lowest BCUT2D eigenvalue weighted by Gasteiger charge is -2.17. The van der Waals surface area contributed by atoms with Gasteiger partial charge in [-0.3, -0.25) is 0 Å². The van der Waals surface area contributed by atoms with E-state index in [4.69, 9.17) is 0 Å². The summed E-state index contributed by atoms with van der Waals surface area (Å²) in [6.45, 7) is 0. The quantitative estimate of drug-likeness (QED) is 0.572. The second-order valence-electron chi connectivity index (χ2n) is 2.18. The van der Waals surface area contributed by atoms with Gasteiger partial charge in [0.25, 0.3) is 0 Å². The summed E-state index contributed by atoms with van der Waals surface area (Å²) in [6.07, 6.45) is -19.3. The molecule has 0 unspecified atom stereocenters. The van der Waals surface area contributed by atoms with Crippen LogP contribution >= 0.6 is 0 Å². The van der Waals surface area contributed by atoms with Gasteiger partial charge in [-0.2, -0.15) is 39.5 Å². The maximum atomic E-state index is 11.9. The Kier molecular flexibility index (Phi) is 3.33. The van der Waals surface area contributed by atoms with E-state index in [1.807, 2.05) is 0 Å². The highest BCUT2D eigenvalue weighted by atomic mass is 19.4. The second-order valence-corrected chi connectivity index (χ2v) is 2.18. The first kappa shape index (κ1) is 14.0. The molecule has 0 aliphatic carbocycles. The lowest BCUT2D eigenvalue weighted by Crippen LogP contribution is -2.30. The SMILES string of the molecule is FC(=C(C(F)(F)F)C(F)(F)F)C(F)(F)F. The Hall–Kier alpha value is -0.960. The molecule has 10 heteroatoms. The van der Waals surface area contributed by atoms with Crippen LogP contribution in [0.3, 0.4) is 0 Å². The van der Waals surface area contributed by atoms with Gasteiger partial charge in [0.05, 0.1) is 0 Å². The molecule has 0 aliphatic rings. The summed E-state index contributed by atoms with van der Waals surface area (Å²) in [7, 11) is 0. The Bertz CT molecular complexity index is 243. The zero-order valence-electron chi connectivity index (χ0n) is 6.28. The molecule has 0 amide bonds. The second kappa shape index (κ2) is 3.56. The van der Waals surface area contributed by atoms with E-state index in [0.717, 1.165) is 0 Å². The minimum absolute atomic E-state index is 4.19. The summed E-state index contributed by atoms with van der Waals surface area (Å²) in [4.78, 5) is 0. The van der Waals surface area contributed by atoms with Gasteiger partial charge in [-0.15, -0.1) is 0 Å². The van der Waals surface area contributed by atoms with Crippen LogP contribution in [0.15, 0.2) is 11.4 Å². The van der Waals surface area contributed by atoms with E-state index in [9.17, 15) is 43.9 Å². The highest BCUT2D eigenvalue weighted by molar-refractivity contribution is 5.22. The summed E-state index contributed by atoms with van der Waals surface area (Å²) in [5, 5.41) is 0. The molecule has 0 bridgehead atoms. The maximum absolute atomic E-state index is 11.9. The average molecular weight is 250 g/mol. The van der Waals surface area contributed by atoms with Crippen LogP contribution in [0.25, 0.3) is 0 Å². The number of hydrogen-bond donors (Lipinski definition) is 0. The fraction of sp³-hybridized carbons (Fsp3) is 0.600. The third-order valence-electron chi connectivity index (χ3n) is 1.04. The van der Waals surface area contributed by atoms with Gasteiger partial charge in [0.15, 0.2) is 5.57 Å². The van der Waals surface area contributed by atoms with Crippen molar-refractivity contribution in [2.75, 3.05) is 0 Å². The van der Waals surface area contributed by atoms with Crippen LogP contribution in [0.2, 0.25) is 0 Å². The molecule has 0 heterocycles. The number of halogens is 10. The van der Waals surface area contributed by atoms with Crippen molar-refractivity contribution in [2.24, 2.45) is 0 Å². The zero-order chi connectivity index (χ0) is 12.7.